The number of carbonyl (C=O) groups is 2. The summed E-state index contributed by atoms with van der Waals surface area (Å²) in [6.07, 6.45) is 2.73. The van der Waals surface area contributed by atoms with Crippen molar-refractivity contribution in [3.05, 3.63) is 71.0 Å². The molecule has 0 radical (unpaired) electrons. The number of benzene rings is 2. The van der Waals surface area contributed by atoms with E-state index in [-0.39, 0.29) is 23.3 Å². The summed E-state index contributed by atoms with van der Waals surface area (Å²) >= 11 is 0. The fourth-order valence-electron chi connectivity index (χ4n) is 4.46. The molecule has 0 bridgehead atoms. The number of Topliss-reactive ketones (excluding diaryl/α,β-unsaturated/α-hetero) is 2. The van der Waals surface area contributed by atoms with Crippen molar-refractivity contribution in [2.24, 2.45) is 5.92 Å². The van der Waals surface area contributed by atoms with Gasteiger partial charge in [0.15, 0.2) is 11.6 Å². The zero-order chi connectivity index (χ0) is 20.2. The molecule has 2 aromatic carbocycles. The van der Waals surface area contributed by atoms with Gasteiger partial charge in [0.05, 0.1) is 6.54 Å². The molecule has 0 amide bonds. The van der Waals surface area contributed by atoms with Crippen LogP contribution in [0, 0.1) is 11.7 Å². The van der Waals surface area contributed by atoms with Crippen LogP contribution in [0.25, 0.3) is 0 Å². The van der Waals surface area contributed by atoms with Crippen molar-refractivity contribution in [3.63, 3.8) is 0 Å². The lowest BCUT2D eigenvalue weighted by Crippen LogP contribution is -2.39. The first-order valence-corrected chi connectivity index (χ1v) is 10.5. The highest BCUT2D eigenvalue weighted by molar-refractivity contribution is 5.99. The minimum Gasteiger partial charge on any atom is -0.303 e. The highest BCUT2D eigenvalue weighted by Crippen LogP contribution is 2.23. The Hall–Kier alpha value is -2.37. The molecule has 0 unspecified atom stereocenters. The Morgan fingerprint density at radius 1 is 0.931 bits per heavy atom. The Bertz CT molecular complexity index is 873. The van der Waals surface area contributed by atoms with Gasteiger partial charge < -0.3 is 4.90 Å². The molecule has 1 saturated heterocycles. The molecule has 0 spiro atoms. The molecular formula is C24H27FN2O2. The monoisotopic (exact) mass is 394 g/mol. The molecule has 1 fully saturated rings. The number of likely N-dealkylation sites (tertiary alicyclic amines) is 1. The number of rotatable bonds is 6. The van der Waals surface area contributed by atoms with Crippen LogP contribution in [0.15, 0.2) is 48.5 Å². The third-order valence-electron chi connectivity index (χ3n) is 6.11. The number of ketones is 2. The van der Waals surface area contributed by atoms with Crippen LogP contribution in [0.2, 0.25) is 0 Å². The summed E-state index contributed by atoms with van der Waals surface area (Å²) in [6.45, 7) is 5.08. The molecule has 0 N–H and O–H groups in total. The van der Waals surface area contributed by atoms with Crippen LogP contribution < -0.4 is 0 Å². The largest absolute Gasteiger partial charge is 0.303 e. The Morgan fingerprint density at radius 2 is 1.62 bits per heavy atom. The first-order chi connectivity index (χ1) is 14.1. The van der Waals surface area contributed by atoms with Crippen molar-refractivity contribution in [1.29, 1.82) is 0 Å². The Balaban J connectivity index is 1.20. The summed E-state index contributed by atoms with van der Waals surface area (Å²) in [6, 6.07) is 13.8. The maximum Gasteiger partial charge on any atom is 0.177 e. The molecule has 2 aliphatic heterocycles. The van der Waals surface area contributed by atoms with Crippen LogP contribution in [0.5, 0.6) is 0 Å². The first-order valence-electron chi connectivity index (χ1n) is 10.5. The van der Waals surface area contributed by atoms with Gasteiger partial charge in [0.2, 0.25) is 0 Å². The highest BCUT2D eigenvalue weighted by Gasteiger charge is 2.26. The zero-order valence-corrected chi connectivity index (χ0v) is 16.6. The smallest absolute Gasteiger partial charge is 0.177 e. The van der Waals surface area contributed by atoms with E-state index in [1.54, 1.807) is 12.1 Å². The molecule has 4 nitrogen and oxygen atoms in total. The van der Waals surface area contributed by atoms with Crippen molar-refractivity contribution in [2.75, 3.05) is 32.7 Å². The number of fused-ring (bicyclic) bond motifs is 1. The molecule has 0 aromatic heterocycles. The predicted molar refractivity (Wildman–Crippen MR) is 111 cm³/mol. The van der Waals surface area contributed by atoms with Crippen molar-refractivity contribution in [2.45, 2.75) is 25.8 Å². The van der Waals surface area contributed by atoms with Gasteiger partial charge in [0.25, 0.3) is 0 Å². The molecular weight excluding hydrogens is 367 g/mol. The molecule has 4 rings (SSSR count). The first kappa shape index (κ1) is 19.9. The summed E-state index contributed by atoms with van der Waals surface area (Å²) < 4.78 is 13.1. The molecule has 5 heteroatoms. The van der Waals surface area contributed by atoms with Crippen molar-refractivity contribution in [3.8, 4) is 0 Å². The second-order valence-corrected chi connectivity index (χ2v) is 8.13. The van der Waals surface area contributed by atoms with Gasteiger partial charge in [0.1, 0.15) is 5.82 Å². The van der Waals surface area contributed by atoms with E-state index >= 15 is 0 Å². The van der Waals surface area contributed by atoms with Crippen LogP contribution in [0.4, 0.5) is 4.39 Å². The lowest BCUT2D eigenvalue weighted by molar-refractivity contribution is 0.0833. The average molecular weight is 394 g/mol. The Labute approximate surface area is 171 Å². The molecule has 0 saturated carbocycles. The molecule has 0 aliphatic carbocycles. The lowest BCUT2D eigenvalue weighted by atomic mass is 9.89. The standard InChI is InChI=1S/C24H27FN2O2/c25-21-8-6-18(7-9-21)24(29)19-10-14-26(15-11-19)12-3-13-27-16-20-4-1-2-5-22(20)23(28)17-27/h1-2,4-9,19H,3,10-17H2. The summed E-state index contributed by atoms with van der Waals surface area (Å²) in [5.41, 5.74) is 2.61. The predicted octanol–water partition coefficient (Wildman–Crippen LogP) is 3.81. The normalized spacial score (nSPS) is 18.6. The topological polar surface area (TPSA) is 40.6 Å². The molecule has 2 aromatic rings. The van der Waals surface area contributed by atoms with Crippen LogP contribution in [-0.2, 0) is 6.54 Å². The molecule has 2 heterocycles. The van der Waals surface area contributed by atoms with Gasteiger partial charge in [-0.2, -0.15) is 0 Å². The molecule has 29 heavy (non-hydrogen) atoms. The maximum atomic E-state index is 13.1. The maximum absolute atomic E-state index is 13.1. The number of piperidine rings is 1. The van der Waals surface area contributed by atoms with E-state index < -0.39 is 0 Å². The van der Waals surface area contributed by atoms with Gasteiger partial charge in [-0.05, 0) is 68.7 Å². The van der Waals surface area contributed by atoms with Crippen LogP contribution >= 0.6 is 0 Å². The SMILES string of the molecule is O=C1CN(CCCN2CCC(C(=O)c3ccc(F)cc3)CC2)Cc2ccccc21. The summed E-state index contributed by atoms with van der Waals surface area (Å²) in [7, 11) is 0. The minimum atomic E-state index is -0.310. The number of nitrogens with zero attached hydrogens (tertiary/aromatic N) is 2. The van der Waals surface area contributed by atoms with Crippen molar-refractivity contribution >= 4 is 11.6 Å². The van der Waals surface area contributed by atoms with Crippen LogP contribution in [0.3, 0.4) is 0 Å². The van der Waals surface area contributed by atoms with E-state index in [1.807, 2.05) is 24.3 Å². The fourth-order valence-corrected chi connectivity index (χ4v) is 4.46. The van der Waals surface area contributed by atoms with Gasteiger partial charge in [-0.3, -0.25) is 14.5 Å². The quantitative estimate of drug-likeness (QED) is 0.699. The Morgan fingerprint density at radius 3 is 2.38 bits per heavy atom. The number of carbonyl (C=O) groups excluding carboxylic acids is 2. The number of hydrogen-bond acceptors (Lipinski definition) is 4. The van der Waals surface area contributed by atoms with Gasteiger partial charge in [-0.25, -0.2) is 4.39 Å². The van der Waals surface area contributed by atoms with Gasteiger partial charge >= 0.3 is 0 Å². The third kappa shape index (κ3) is 4.80. The van der Waals surface area contributed by atoms with Crippen molar-refractivity contribution < 1.29 is 14.0 Å². The number of hydrogen-bond donors (Lipinski definition) is 0. The van der Waals surface area contributed by atoms with E-state index in [0.717, 1.165) is 63.1 Å². The average Bonchev–Trinajstić information content (AvgIpc) is 2.74. The second kappa shape index (κ2) is 8.97. The second-order valence-electron chi connectivity index (χ2n) is 8.13. The minimum absolute atomic E-state index is 0.0351. The molecule has 0 atom stereocenters. The summed E-state index contributed by atoms with van der Waals surface area (Å²) in [4.78, 5) is 29.5. The van der Waals surface area contributed by atoms with E-state index in [1.165, 1.54) is 12.1 Å². The van der Waals surface area contributed by atoms with E-state index in [2.05, 4.69) is 9.80 Å². The molecule has 152 valence electrons. The van der Waals surface area contributed by atoms with Crippen LogP contribution in [-0.4, -0.2) is 54.1 Å². The third-order valence-corrected chi connectivity index (χ3v) is 6.11. The van der Waals surface area contributed by atoms with E-state index in [4.69, 9.17) is 0 Å². The summed E-state index contributed by atoms with van der Waals surface area (Å²) in [5.74, 6) is 0.0744. The van der Waals surface area contributed by atoms with E-state index in [0.29, 0.717) is 12.1 Å². The van der Waals surface area contributed by atoms with Gasteiger partial charge in [0, 0.05) is 30.1 Å². The highest BCUT2D eigenvalue weighted by atomic mass is 19.1. The van der Waals surface area contributed by atoms with E-state index in [9.17, 15) is 14.0 Å². The lowest BCUT2D eigenvalue weighted by Gasteiger charge is -2.32. The van der Waals surface area contributed by atoms with Gasteiger partial charge in [-0.15, -0.1) is 0 Å². The summed E-state index contributed by atoms with van der Waals surface area (Å²) in [5, 5.41) is 0. The fraction of sp³-hybridized carbons (Fsp3) is 0.417. The van der Waals surface area contributed by atoms with Crippen LogP contribution in [0.1, 0.15) is 45.5 Å². The Kier molecular flexibility index (Phi) is 6.16. The van der Waals surface area contributed by atoms with Crippen molar-refractivity contribution in [1.82, 2.24) is 9.80 Å². The molecule has 2 aliphatic rings. The zero-order valence-electron chi connectivity index (χ0n) is 16.6. The number of halogens is 1. The van der Waals surface area contributed by atoms with Gasteiger partial charge in [-0.1, -0.05) is 24.3 Å².